The minimum absolute atomic E-state index is 0.245. The molecular weight excluding hydrogens is 378 g/mol. The summed E-state index contributed by atoms with van der Waals surface area (Å²) in [5.41, 5.74) is 2.16. The molecule has 0 bridgehead atoms. The van der Waals surface area contributed by atoms with Crippen LogP contribution in [0.2, 0.25) is 0 Å². The van der Waals surface area contributed by atoms with Gasteiger partial charge in [0.15, 0.2) is 5.44 Å². The standard InChI is InChI=1S/C21H29NO5S/c1-3-17-8-11-19(22-16-17)14-15-27-20-12-9-18(10-13-20)6-5-7-21(26-4-2)28(23,24)25/h8-13,16,21H,3-7,14-15H2,1-2H3,(H,23,24,25). The van der Waals surface area contributed by atoms with Crippen molar-refractivity contribution >= 4 is 10.1 Å². The Labute approximate surface area is 167 Å². The molecule has 1 unspecified atom stereocenters. The van der Waals surface area contributed by atoms with Crippen LogP contribution in [0.1, 0.15) is 43.5 Å². The van der Waals surface area contributed by atoms with Gasteiger partial charge in [-0.25, -0.2) is 0 Å². The van der Waals surface area contributed by atoms with E-state index in [2.05, 4.69) is 18.0 Å². The first-order valence-electron chi connectivity index (χ1n) is 9.65. The molecule has 28 heavy (non-hydrogen) atoms. The van der Waals surface area contributed by atoms with Crippen molar-refractivity contribution in [2.24, 2.45) is 0 Å². The van der Waals surface area contributed by atoms with Crippen molar-refractivity contribution in [3.05, 3.63) is 59.4 Å². The highest BCUT2D eigenvalue weighted by Gasteiger charge is 2.22. The Kier molecular flexibility index (Phi) is 8.89. The van der Waals surface area contributed by atoms with Gasteiger partial charge in [-0.15, -0.1) is 0 Å². The lowest BCUT2D eigenvalue weighted by Crippen LogP contribution is -2.24. The molecular formula is C21H29NO5S. The smallest absolute Gasteiger partial charge is 0.292 e. The van der Waals surface area contributed by atoms with Gasteiger partial charge < -0.3 is 9.47 Å². The summed E-state index contributed by atoms with van der Waals surface area (Å²) in [5.74, 6) is 0.791. The van der Waals surface area contributed by atoms with Gasteiger partial charge >= 0.3 is 0 Å². The Bertz CT molecular complexity index is 804. The van der Waals surface area contributed by atoms with E-state index >= 15 is 0 Å². The van der Waals surface area contributed by atoms with Gasteiger partial charge in [-0.2, -0.15) is 8.42 Å². The molecule has 0 aliphatic heterocycles. The maximum Gasteiger partial charge on any atom is 0.292 e. The number of aryl methyl sites for hydroxylation is 2. The van der Waals surface area contributed by atoms with Crippen molar-refractivity contribution in [2.45, 2.75) is 51.4 Å². The SMILES string of the molecule is CCOC(CCCc1ccc(OCCc2ccc(CC)cn2)cc1)S(=O)(=O)O. The normalized spacial score (nSPS) is 12.7. The molecule has 0 amide bonds. The highest BCUT2D eigenvalue weighted by molar-refractivity contribution is 7.86. The molecule has 1 aromatic heterocycles. The molecule has 0 saturated heterocycles. The van der Waals surface area contributed by atoms with E-state index in [4.69, 9.17) is 14.0 Å². The zero-order valence-corrected chi connectivity index (χ0v) is 17.3. The van der Waals surface area contributed by atoms with Crippen molar-refractivity contribution in [1.29, 1.82) is 0 Å². The van der Waals surface area contributed by atoms with E-state index in [1.54, 1.807) is 6.92 Å². The maximum absolute atomic E-state index is 11.3. The summed E-state index contributed by atoms with van der Waals surface area (Å²) in [7, 11) is -4.17. The molecule has 154 valence electrons. The van der Waals surface area contributed by atoms with Crippen molar-refractivity contribution in [3.8, 4) is 5.75 Å². The molecule has 1 aromatic carbocycles. The van der Waals surface area contributed by atoms with E-state index in [0.29, 0.717) is 19.4 Å². The Balaban J connectivity index is 1.74. The second-order valence-electron chi connectivity index (χ2n) is 6.55. The van der Waals surface area contributed by atoms with E-state index in [0.717, 1.165) is 29.8 Å². The molecule has 0 aliphatic carbocycles. The molecule has 0 spiro atoms. The predicted molar refractivity (Wildman–Crippen MR) is 109 cm³/mol. The Morgan fingerprint density at radius 2 is 1.75 bits per heavy atom. The average molecular weight is 408 g/mol. The van der Waals surface area contributed by atoms with Gasteiger partial charge in [0.2, 0.25) is 0 Å². The molecule has 0 radical (unpaired) electrons. The van der Waals surface area contributed by atoms with E-state index in [1.807, 2.05) is 36.5 Å². The number of aromatic nitrogens is 1. The Morgan fingerprint density at radius 1 is 1.04 bits per heavy atom. The summed E-state index contributed by atoms with van der Waals surface area (Å²) in [6, 6.07) is 11.9. The Hall–Kier alpha value is -1.96. The predicted octanol–water partition coefficient (Wildman–Crippen LogP) is 3.84. The van der Waals surface area contributed by atoms with Crippen molar-refractivity contribution in [2.75, 3.05) is 13.2 Å². The number of benzene rings is 1. The van der Waals surface area contributed by atoms with Crippen LogP contribution in [-0.2, 0) is 34.1 Å². The topological polar surface area (TPSA) is 85.7 Å². The highest BCUT2D eigenvalue weighted by Crippen LogP contribution is 2.16. The minimum Gasteiger partial charge on any atom is -0.493 e. The summed E-state index contributed by atoms with van der Waals surface area (Å²) in [6.07, 6.45) is 5.20. The fourth-order valence-corrected chi connectivity index (χ4v) is 3.59. The van der Waals surface area contributed by atoms with Crippen molar-refractivity contribution < 1.29 is 22.4 Å². The molecule has 0 aliphatic rings. The van der Waals surface area contributed by atoms with Crippen LogP contribution < -0.4 is 4.74 Å². The van der Waals surface area contributed by atoms with Crippen molar-refractivity contribution in [3.63, 3.8) is 0 Å². The third-order valence-corrected chi connectivity index (χ3v) is 5.47. The molecule has 1 heterocycles. The van der Waals surface area contributed by atoms with Crippen LogP contribution >= 0.6 is 0 Å². The van der Waals surface area contributed by atoms with Crippen LogP contribution in [0.4, 0.5) is 0 Å². The quantitative estimate of drug-likeness (QED) is 0.538. The molecule has 1 N–H and O–H groups in total. The zero-order valence-electron chi connectivity index (χ0n) is 16.5. The van der Waals surface area contributed by atoms with Crippen molar-refractivity contribution in [1.82, 2.24) is 4.98 Å². The third-order valence-electron chi connectivity index (χ3n) is 4.43. The molecule has 2 aromatic rings. The number of ether oxygens (including phenoxy) is 2. The highest BCUT2D eigenvalue weighted by atomic mass is 32.2. The first kappa shape index (κ1) is 22.3. The lowest BCUT2D eigenvalue weighted by Gasteiger charge is -2.13. The largest absolute Gasteiger partial charge is 0.493 e. The molecule has 0 fully saturated rings. The summed E-state index contributed by atoms with van der Waals surface area (Å²) >= 11 is 0. The molecule has 0 saturated carbocycles. The number of hydrogen-bond acceptors (Lipinski definition) is 5. The zero-order chi connectivity index (χ0) is 20.4. The van der Waals surface area contributed by atoms with Gasteiger partial charge in [0.25, 0.3) is 10.1 Å². The number of nitrogens with zero attached hydrogens (tertiary/aromatic N) is 1. The second kappa shape index (κ2) is 11.1. The average Bonchev–Trinajstić information content (AvgIpc) is 2.68. The van der Waals surface area contributed by atoms with E-state index < -0.39 is 15.6 Å². The molecule has 7 heteroatoms. The minimum atomic E-state index is -4.17. The summed E-state index contributed by atoms with van der Waals surface area (Å²) < 4.78 is 42.5. The number of rotatable bonds is 12. The lowest BCUT2D eigenvalue weighted by molar-refractivity contribution is 0.103. The monoisotopic (exact) mass is 407 g/mol. The number of pyridine rings is 1. The van der Waals surface area contributed by atoms with Crippen LogP contribution in [0.3, 0.4) is 0 Å². The molecule has 2 rings (SSSR count). The van der Waals surface area contributed by atoms with Gasteiger partial charge in [0.05, 0.1) is 6.61 Å². The van der Waals surface area contributed by atoms with Crippen LogP contribution in [0.15, 0.2) is 42.6 Å². The lowest BCUT2D eigenvalue weighted by atomic mass is 10.1. The van der Waals surface area contributed by atoms with E-state index in [9.17, 15) is 8.42 Å². The van der Waals surface area contributed by atoms with Crippen LogP contribution in [-0.4, -0.2) is 36.6 Å². The maximum atomic E-state index is 11.3. The van der Waals surface area contributed by atoms with Gasteiger partial charge in [-0.05, 0) is 61.9 Å². The van der Waals surface area contributed by atoms with E-state index in [-0.39, 0.29) is 13.0 Å². The summed E-state index contributed by atoms with van der Waals surface area (Å²) in [6.45, 7) is 4.61. The molecule has 1 atom stereocenters. The van der Waals surface area contributed by atoms with Gasteiger partial charge in [-0.1, -0.05) is 25.1 Å². The van der Waals surface area contributed by atoms with Crippen LogP contribution in [0, 0.1) is 0 Å². The summed E-state index contributed by atoms with van der Waals surface area (Å²) in [4.78, 5) is 4.42. The van der Waals surface area contributed by atoms with Gasteiger partial charge in [0, 0.05) is 24.9 Å². The number of hydrogen-bond donors (Lipinski definition) is 1. The van der Waals surface area contributed by atoms with E-state index in [1.165, 1.54) is 5.56 Å². The fourth-order valence-electron chi connectivity index (χ4n) is 2.81. The third kappa shape index (κ3) is 7.58. The first-order chi connectivity index (χ1) is 13.4. The first-order valence-corrected chi connectivity index (χ1v) is 11.2. The van der Waals surface area contributed by atoms with Gasteiger partial charge in [-0.3, -0.25) is 9.54 Å². The fraction of sp³-hybridized carbons (Fsp3) is 0.476. The van der Waals surface area contributed by atoms with Crippen LogP contribution in [0.5, 0.6) is 5.75 Å². The summed E-state index contributed by atoms with van der Waals surface area (Å²) in [5, 5.41) is 0. The Morgan fingerprint density at radius 3 is 2.32 bits per heavy atom. The van der Waals surface area contributed by atoms with Crippen LogP contribution in [0.25, 0.3) is 0 Å². The molecule has 6 nitrogen and oxygen atoms in total. The van der Waals surface area contributed by atoms with Gasteiger partial charge in [0.1, 0.15) is 5.75 Å². The second-order valence-corrected chi connectivity index (χ2v) is 8.10.